The summed E-state index contributed by atoms with van der Waals surface area (Å²) in [5.74, 6) is 0. The molecule has 1 aromatic heterocycles. The highest BCUT2D eigenvalue weighted by Gasteiger charge is 2.32. The zero-order valence-electron chi connectivity index (χ0n) is 8.80. The first-order valence-electron chi connectivity index (χ1n) is 5.14. The van der Waals surface area contributed by atoms with E-state index < -0.39 is 0 Å². The van der Waals surface area contributed by atoms with E-state index in [2.05, 4.69) is 31.3 Å². The third-order valence-corrected chi connectivity index (χ3v) is 3.83. The van der Waals surface area contributed by atoms with Crippen molar-refractivity contribution in [2.75, 3.05) is 13.1 Å². The minimum Gasteiger partial charge on any atom is -0.367 e. The number of hydrogen-bond donors (Lipinski definition) is 1. The fraction of sp³-hybridized carbons (Fsp3) is 0.636. The van der Waals surface area contributed by atoms with Crippen molar-refractivity contribution in [2.24, 2.45) is 0 Å². The Kier molecular flexibility index (Phi) is 2.91. The minimum atomic E-state index is 0.0797. The number of nitrogens with one attached hydrogen (secondary N) is 1. The van der Waals surface area contributed by atoms with Crippen LogP contribution in [0.1, 0.15) is 23.6 Å². The van der Waals surface area contributed by atoms with Gasteiger partial charge in [0.15, 0.2) is 0 Å². The van der Waals surface area contributed by atoms with Crippen molar-refractivity contribution in [1.29, 1.82) is 0 Å². The van der Waals surface area contributed by atoms with Crippen molar-refractivity contribution in [1.82, 2.24) is 5.32 Å². The van der Waals surface area contributed by atoms with Crippen LogP contribution in [0.15, 0.2) is 12.1 Å². The highest BCUT2D eigenvalue weighted by molar-refractivity contribution is 7.11. The highest BCUT2D eigenvalue weighted by Crippen LogP contribution is 2.22. The van der Waals surface area contributed by atoms with Gasteiger partial charge in [0, 0.05) is 22.8 Å². The van der Waals surface area contributed by atoms with Crippen molar-refractivity contribution in [3.05, 3.63) is 21.9 Å². The van der Waals surface area contributed by atoms with Crippen molar-refractivity contribution in [3.63, 3.8) is 0 Å². The van der Waals surface area contributed by atoms with Crippen LogP contribution >= 0.6 is 11.3 Å². The van der Waals surface area contributed by atoms with E-state index in [0.29, 0.717) is 0 Å². The molecule has 3 heteroatoms. The fourth-order valence-electron chi connectivity index (χ4n) is 1.51. The summed E-state index contributed by atoms with van der Waals surface area (Å²) in [4.78, 5) is 2.79. The molecule has 0 amide bonds. The van der Waals surface area contributed by atoms with Gasteiger partial charge in [-0.2, -0.15) is 0 Å². The summed E-state index contributed by atoms with van der Waals surface area (Å²) in [5, 5.41) is 3.23. The molecule has 1 saturated heterocycles. The van der Waals surface area contributed by atoms with Crippen LogP contribution in [-0.4, -0.2) is 18.7 Å². The van der Waals surface area contributed by atoms with Gasteiger partial charge in [0.2, 0.25) is 0 Å². The van der Waals surface area contributed by atoms with Gasteiger partial charge >= 0.3 is 0 Å². The predicted octanol–water partition coefficient (Wildman–Crippen LogP) is 2.19. The molecular weight excluding hydrogens is 194 g/mol. The van der Waals surface area contributed by atoms with Crippen molar-refractivity contribution in [2.45, 2.75) is 32.5 Å². The van der Waals surface area contributed by atoms with Gasteiger partial charge in [-0.3, -0.25) is 0 Å². The summed E-state index contributed by atoms with van der Waals surface area (Å²) in [6.45, 7) is 7.09. The molecule has 1 aliphatic heterocycles. The van der Waals surface area contributed by atoms with E-state index in [4.69, 9.17) is 4.74 Å². The lowest BCUT2D eigenvalue weighted by molar-refractivity contribution is -0.0757. The first kappa shape index (κ1) is 10.1. The van der Waals surface area contributed by atoms with Gasteiger partial charge in [-0.05, 0) is 25.5 Å². The average molecular weight is 211 g/mol. The maximum atomic E-state index is 5.86. The van der Waals surface area contributed by atoms with Crippen molar-refractivity contribution < 1.29 is 4.74 Å². The Morgan fingerprint density at radius 1 is 1.43 bits per heavy atom. The third kappa shape index (κ3) is 2.16. The van der Waals surface area contributed by atoms with E-state index in [0.717, 1.165) is 26.1 Å². The number of thiophene rings is 1. The van der Waals surface area contributed by atoms with Crippen molar-refractivity contribution in [3.8, 4) is 0 Å². The van der Waals surface area contributed by atoms with Gasteiger partial charge < -0.3 is 10.1 Å². The Labute approximate surface area is 89.3 Å². The fourth-order valence-corrected chi connectivity index (χ4v) is 2.39. The van der Waals surface area contributed by atoms with E-state index in [1.54, 1.807) is 0 Å². The molecule has 0 radical (unpaired) electrons. The summed E-state index contributed by atoms with van der Waals surface area (Å²) in [6, 6.07) is 4.38. The van der Waals surface area contributed by atoms with E-state index in [9.17, 15) is 0 Å². The Morgan fingerprint density at radius 2 is 2.14 bits per heavy atom. The van der Waals surface area contributed by atoms with Gasteiger partial charge in [-0.25, -0.2) is 0 Å². The minimum absolute atomic E-state index is 0.0797. The van der Waals surface area contributed by atoms with Gasteiger partial charge in [-0.1, -0.05) is 6.92 Å². The Morgan fingerprint density at radius 3 is 2.64 bits per heavy atom. The third-order valence-electron chi connectivity index (χ3n) is 2.63. The number of aryl methyl sites for hydroxylation is 1. The molecule has 0 atom stereocenters. The summed E-state index contributed by atoms with van der Waals surface area (Å²) >= 11 is 1.86. The number of ether oxygens (including phenoxy) is 1. The highest BCUT2D eigenvalue weighted by atomic mass is 32.1. The lowest BCUT2D eigenvalue weighted by Gasteiger charge is -2.38. The second kappa shape index (κ2) is 4.01. The molecule has 0 unspecified atom stereocenters. The lowest BCUT2D eigenvalue weighted by Crippen LogP contribution is -2.58. The van der Waals surface area contributed by atoms with Gasteiger partial charge in [0.05, 0.1) is 12.2 Å². The molecule has 0 aromatic carbocycles. The number of hydrogen-bond acceptors (Lipinski definition) is 3. The molecule has 1 fully saturated rings. The molecule has 1 aliphatic rings. The standard InChI is InChI=1S/C11H17NOS/c1-3-9-4-5-10(14-9)6-13-11(2)7-12-8-11/h4-5,12H,3,6-8H2,1-2H3. The van der Waals surface area contributed by atoms with Crippen LogP contribution in [0.5, 0.6) is 0 Å². The molecule has 0 aliphatic carbocycles. The summed E-state index contributed by atoms with van der Waals surface area (Å²) in [7, 11) is 0. The average Bonchev–Trinajstić information content (AvgIpc) is 2.59. The normalized spacial score (nSPS) is 19.3. The maximum Gasteiger partial charge on any atom is 0.0906 e. The molecule has 1 aromatic rings. The van der Waals surface area contributed by atoms with Crippen LogP contribution in [0.4, 0.5) is 0 Å². The van der Waals surface area contributed by atoms with E-state index in [1.165, 1.54) is 9.75 Å². The molecule has 0 spiro atoms. The van der Waals surface area contributed by atoms with Crippen molar-refractivity contribution >= 4 is 11.3 Å². The van der Waals surface area contributed by atoms with Crippen LogP contribution in [0.25, 0.3) is 0 Å². The van der Waals surface area contributed by atoms with Crippen LogP contribution in [0, 0.1) is 0 Å². The molecule has 2 heterocycles. The molecule has 0 bridgehead atoms. The smallest absolute Gasteiger partial charge is 0.0906 e. The molecular formula is C11H17NOS. The Hall–Kier alpha value is -0.380. The second-order valence-corrected chi connectivity index (χ2v) is 5.32. The molecule has 14 heavy (non-hydrogen) atoms. The zero-order valence-corrected chi connectivity index (χ0v) is 9.62. The number of rotatable bonds is 4. The maximum absolute atomic E-state index is 5.86. The first-order valence-corrected chi connectivity index (χ1v) is 5.96. The largest absolute Gasteiger partial charge is 0.367 e. The summed E-state index contributed by atoms with van der Waals surface area (Å²) in [5.41, 5.74) is 0.0797. The first-order chi connectivity index (χ1) is 6.72. The van der Waals surface area contributed by atoms with Crippen LogP contribution in [0.3, 0.4) is 0 Å². The molecule has 0 saturated carbocycles. The molecule has 2 rings (SSSR count). The molecule has 1 N–H and O–H groups in total. The second-order valence-electron chi connectivity index (χ2n) is 4.06. The van der Waals surface area contributed by atoms with Gasteiger partial charge in [0.25, 0.3) is 0 Å². The van der Waals surface area contributed by atoms with Crippen LogP contribution in [0.2, 0.25) is 0 Å². The summed E-state index contributed by atoms with van der Waals surface area (Å²) in [6.07, 6.45) is 1.13. The predicted molar refractivity (Wildman–Crippen MR) is 59.8 cm³/mol. The topological polar surface area (TPSA) is 21.3 Å². The Bertz CT molecular complexity index is 304. The molecule has 78 valence electrons. The van der Waals surface area contributed by atoms with Crippen LogP contribution < -0.4 is 5.32 Å². The lowest BCUT2D eigenvalue weighted by atomic mass is 10.0. The van der Waals surface area contributed by atoms with E-state index >= 15 is 0 Å². The quantitative estimate of drug-likeness (QED) is 0.824. The zero-order chi connectivity index (χ0) is 10.0. The SMILES string of the molecule is CCc1ccc(COC2(C)CNC2)s1. The van der Waals surface area contributed by atoms with Gasteiger partial charge in [0.1, 0.15) is 0 Å². The van der Waals surface area contributed by atoms with Gasteiger partial charge in [-0.15, -0.1) is 11.3 Å². The van der Waals surface area contributed by atoms with E-state index in [1.807, 2.05) is 11.3 Å². The van der Waals surface area contributed by atoms with Crippen LogP contribution in [-0.2, 0) is 17.8 Å². The van der Waals surface area contributed by atoms with E-state index in [-0.39, 0.29) is 5.60 Å². The Balaban J connectivity index is 1.85. The molecule has 2 nitrogen and oxygen atoms in total. The monoisotopic (exact) mass is 211 g/mol. The summed E-state index contributed by atoms with van der Waals surface area (Å²) < 4.78 is 5.86.